The van der Waals surface area contributed by atoms with Gasteiger partial charge in [0.2, 0.25) is 0 Å². The summed E-state index contributed by atoms with van der Waals surface area (Å²) in [5.41, 5.74) is 2.35. The Morgan fingerprint density at radius 3 is 2.69 bits per heavy atom. The quantitative estimate of drug-likeness (QED) is 0.727. The van der Waals surface area contributed by atoms with Gasteiger partial charge < -0.3 is 14.6 Å². The topological polar surface area (TPSA) is 86.5 Å². The monoisotopic (exact) mass is 361 g/mol. The van der Waals surface area contributed by atoms with E-state index in [-0.39, 0.29) is 19.2 Å². The smallest absolute Gasteiger partial charge is 0.314 e. The van der Waals surface area contributed by atoms with Crippen LogP contribution in [0.1, 0.15) is 49.3 Å². The third-order valence-electron chi connectivity index (χ3n) is 4.52. The lowest BCUT2D eigenvalue weighted by Gasteiger charge is -2.32. The van der Waals surface area contributed by atoms with Crippen LogP contribution in [0.5, 0.6) is 0 Å². The number of aliphatic hydroxyl groups excluding tert-OH is 1. The van der Waals surface area contributed by atoms with Crippen LogP contribution in [-0.4, -0.2) is 33.2 Å². The second-order valence-electron chi connectivity index (χ2n) is 6.81. The highest BCUT2D eigenvalue weighted by atomic mass is 16.5. The fourth-order valence-corrected chi connectivity index (χ4v) is 2.84. The normalized spacial score (nSPS) is 12.8. The van der Waals surface area contributed by atoms with E-state index < -0.39 is 11.5 Å². The van der Waals surface area contributed by atoms with Gasteiger partial charge in [-0.1, -0.05) is 23.4 Å². The van der Waals surface area contributed by atoms with Crippen molar-refractivity contribution in [3.63, 3.8) is 0 Å². The maximum atomic E-state index is 12.3. The molecule has 0 aliphatic carbocycles. The highest BCUT2D eigenvalue weighted by Gasteiger charge is 2.40. The summed E-state index contributed by atoms with van der Waals surface area (Å²) in [5, 5.41) is 17.6. The number of aromatic nitrogens is 3. The van der Waals surface area contributed by atoms with Gasteiger partial charge in [-0.25, -0.2) is 0 Å². The van der Waals surface area contributed by atoms with E-state index in [9.17, 15) is 9.90 Å². The lowest BCUT2D eigenvalue weighted by Crippen LogP contribution is -2.34. The van der Waals surface area contributed by atoms with Crippen molar-refractivity contribution in [3.05, 3.63) is 46.8 Å². The molecule has 7 heteroatoms. The Hall–Kier alpha value is -2.25. The van der Waals surface area contributed by atoms with Gasteiger partial charge in [-0.15, -0.1) is 5.10 Å². The van der Waals surface area contributed by atoms with Gasteiger partial charge in [0.15, 0.2) is 0 Å². The van der Waals surface area contributed by atoms with Gasteiger partial charge >= 0.3 is 5.97 Å². The zero-order valence-electron chi connectivity index (χ0n) is 16.0. The summed E-state index contributed by atoms with van der Waals surface area (Å²) in [6, 6.07) is 5.69. The average molecular weight is 361 g/mol. The molecule has 0 saturated heterocycles. The molecule has 0 amide bonds. The maximum Gasteiger partial charge on any atom is 0.314 e. The molecular formula is C19H27N3O4. The Bertz CT molecular complexity index is 755. The number of hydrogen-bond donors (Lipinski definition) is 1. The summed E-state index contributed by atoms with van der Waals surface area (Å²) in [5.74, 6) is -0.370. The summed E-state index contributed by atoms with van der Waals surface area (Å²) in [6.07, 6.45) is 1.25. The van der Waals surface area contributed by atoms with Crippen molar-refractivity contribution in [1.82, 2.24) is 15.0 Å². The molecule has 0 bridgehead atoms. The number of benzene rings is 1. The third-order valence-corrected chi connectivity index (χ3v) is 4.52. The number of carbonyl (C=O) groups excluding carboxylic acids is 1. The van der Waals surface area contributed by atoms with Crippen LogP contribution in [0.15, 0.2) is 24.4 Å². The molecule has 0 aliphatic rings. The standard InChI is InChI=1S/C19H27N3O4/c1-6-22-10-16(20-21-22)12-26-17(19(3,4)18(24)25-5)14-8-7-13(2)15(9-14)11-23/h7-10,17,23H,6,11-12H2,1-5H3/t17-/m1/s1. The first-order chi connectivity index (χ1) is 12.3. The zero-order chi connectivity index (χ0) is 19.3. The number of nitrogens with zero attached hydrogens (tertiary/aromatic N) is 3. The van der Waals surface area contributed by atoms with Gasteiger partial charge in [0.05, 0.1) is 38.0 Å². The van der Waals surface area contributed by atoms with Crippen LogP contribution in [0.3, 0.4) is 0 Å². The van der Waals surface area contributed by atoms with E-state index in [1.807, 2.05) is 38.2 Å². The van der Waals surface area contributed by atoms with Crippen molar-refractivity contribution in [2.45, 2.75) is 53.6 Å². The number of methoxy groups -OCH3 is 1. The number of aryl methyl sites for hydroxylation is 2. The van der Waals surface area contributed by atoms with E-state index in [1.165, 1.54) is 7.11 Å². The van der Waals surface area contributed by atoms with Gasteiger partial charge in [-0.05, 0) is 44.4 Å². The van der Waals surface area contributed by atoms with Crippen molar-refractivity contribution < 1.29 is 19.4 Å². The predicted molar refractivity (Wildman–Crippen MR) is 96.1 cm³/mol. The lowest BCUT2D eigenvalue weighted by atomic mass is 9.81. The number of aliphatic hydroxyl groups is 1. The molecule has 1 aromatic heterocycles. The minimum absolute atomic E-state index is 0.0735. The van der Waals surface area contributed by atoms with Crippen LogP contribution in [-0.2, 0) is 34.0 Å². The minimum Gasteiger partial charge on any atom is -0.469 e. The van der Waals surface area contributed by atoms with Crippen LogP contribution in [0, 0.1) is 12.3 Å². The molecule has 2 aromatic rings. The van der Waals surface area contributed by atoms with Crippen LogP contribution in [0.2, 0.25) is 0 Å². The highest BCUT2D eigenvalue weighted by Crippen LogP contribution is 2.39. The van der Waals surface area contributed by atoms with Crippen molar-refractivity contribution in [2.75, 3.05) is 7.11 Å². The molecule has 7 nitrogen and oxygen atoms in total. The molecule has 0 spiro atoms. The summed E-state index contributed by atoms with van der Waals surface area (Å²) in [7, 11) is 1.36. The molecule has 142 valence electrons. The molecular weight excluding hydrogens is 334 g/mol. The molecule has 0 fully saturated rings. The third kappa shape index (κ3) is 4.28. The van der Waals surface area contributed by atoms with Crippen molar-refractivity contribution >= 4 is 5.97 Å². The lowest BCUT2D eigenvalue weighted by molar-refractivity contribution is -0.162. The largest absolute Gasteiger partial charge is 0.469 e. The molecule has 0 aliphatic heterocycles. The first kappa shape index (κ1) is 20.1. The molecule has 1 atom stereocenters. The Labute approximate surface area is 153 Å². The van der Waals surface area contributed by atoms with E-state index in [1.54, 1.807) is 18.5 Å². The van der Waals surface area contributed by atoms with Gasteiger partial charge in [0.1, 0.15) is 5.69 Å². The zero-order valence-corrected chi connectivity index (χ0v) is 16.0. The highest BCUT2D eigenvalue weighted by molar-refractivity contribution is 5.77. The Morgan fingerprint density at radius 2 is 2.12 bits per heavy atom. The fraction of sp³-hybridized carbons (Fsp3) is 0.526. The molecule has 0 radical (unpaired) electrons. The van der Waals surface area contributed by atoms with Crippen LogP contribution in [0.25, 0.3) is 0 Å². The molecule has 0 unspecified atom stereocenters. The maximum absolute atomic E-state index is 12.3. The number of carbonyl (C=O) groups is 1. The SMILES string of the molecule is CCn1cc(CO[C@H](c2ccc(C)c(CO)c2)C(C)(C)C(=O)OC)nn1. The Morgan fingerprint density at radius 1 is 1.38 bits per heavy atom. The van der Waals surface area contributed by atoms with Crippen LogP contribution < -0.4 is 0 Å². The first-order valence-corrected chi connectivity index (χ1v) is 8.62. The minimum atomic E-state index is -0.919. The van der Waals surface area contributed by atoms with Crippen molar-refractivity contribution in [2.24, 2.45) is 5.41 Å². The van der Waals surface area contributed by atoms with Gasteiger partial charge in [-0.3, -0.25) is 9.48 Å². The predicted octanol–water partition coefficient (Wildman–Crippen LogP) is 2.56. The number of esters is 1. The Balaban J connectivity index is 2.33. The number of ether oxygens (including phenoxy) is 2. The average Bonchev–Trinajstić information content (AvgIpc) is 3.10. The van der Waals surface area contributed by atoms with Crippen molar-refractivity contribution in [1.29, 1.82) is 0 Å². The number of rotatable bonds is 8. The van der Waals surface area contributed by atoms with Gasteiger partial charge in [0.25, 0.3) is 0 Å². The summed E-state index contributed by atoms with van der Waals surface area (Å²) in [4.78, 5) is 12.3. The molecule has 1 heterocycles. The molecule has 0 saturated carbocycles. The van der Waals surface area contributed by atoms with Crippen LogP contribution in [0.4, 0.5) is 0 Å². The number of hydrogen-bond acceptors (Lipinski definition) is 6. The second kappa shape index (κ2) is 8.42. The summed E-state index contributed by atoms with van der Waals surface area (Å²) in [6.45, 7) is 8.34. The second-order valence-corrected chi connectivity index (χ2v) is 6.81. The van der Waals surface area contributed by atoms with E-state index in [2.05, 4.69) is 10.3 Å². The summed E-state index contributed by atoms with van der Waals surface area (Å²) >= 11 is 0. The molecule has 1 aromatic carbocycles. The van der Waals surface area contributed by atoms with E-state index >= 15 is 0 Å². The Kier molecular flexibility index (Phi) is 6.50. The van der Waals surface area contributed by atoms with E-state index in [0.717, 1.165) is 23.2 Å². The molecule has 26 heavy (non-hydrogen) atoms. The first-order valence-electron chi connectivity index (χ1n) is 8.62. The summed E-state index contributed by atoms with van der Waals surface area (Å²) < 4.78 is 12.8. The molecule has 1 N–H and O–H groups in total. The van der Waals surface area contributed by atoms with Gasteiger partial charge in [-0.2, -0.15) is 0 Å². The fourth-order valence-electron chi connectivity index (χ4n) is 2.84. The van der Waals surface area contributed by atoms with E-state index in [0.29, 0.717) is 5.69 Å². The van der Waals surface area contributed by atoms with Gasteiger partial charge in [0, 0.05) is 6.54 Å². The molecule has 2 rings (SSSR count). The van der Waals surface area contributed by atoms with Crippen LogP contribution >= 0.6 is 0 Å². The van der Waals surface area contributed by atoms with E-state index in [4.69, 9.17) is 9.47 Å². The van der Waals surface area contributed by atoms with Crippen molar-refractivity contribution in [3.8, 4) is 0 Å².